The highest BCUT2D eigenvalue weighted by Gasteiger charge is 2.34. The van der Waals surface area contributed by atoms with Crippen molar-refractivity contribution in [3.63, 3.8) is 0 Å². The van der Waals surface area contributed by atoms with Crippen LogP contribution in [0.5, 0.6) is 5.75 Å². The lowest BCUT2D eigenvalue weighted by atomic mass is 10.0. The molecule has 3 N–H and O–H groups in total. The molecule has 0 bridgehead atoms. The lowest BCUT2D eigenvalue weighted by Crippen LogP contribution is -2.28. The molecule has 1 aliphatic rings. The van der Waals surface area contributed by atoms with Crippen molar-refractivity contribution >= 4 is 34.7 Å². The first kappa shape index (κ1) is 23.5. The molecule has 3 aromatic carbocycles. The number of anilines is 2. The van der Waals surface area contributed by atoms with Gasteiger partial charge in [0.05, 0.1) is 28.2 Å². The Morgan fingerprint density at radius 2 is 1.77 bits per heavy atom. The highest BCUT2D eigenvalue weighted by Crippen LogP contribution is 2.36. The molecule has 0 unspecified atom stereocenters. The number of hydrogen-bond donors (Lipinski definition) is 3. The molecule has 8 nitrogen and oxygen atoms in total. The molecule has 0 spiro atoms. The van der Waals surface area contributed by atoms with E-state index in [1.54, 1.807) is 18.2 Å². The van der Waals surface area contributed by atoms with Crippen LogP contribution in [0.3, 0.4) is 0 Å². The highest BCUT2D eigenvalue weighted by atomic mass is 19.4. The third kappa shape index (κ3) is 4.69. The highest BCUT2D eigenvalue weighted by molar-refractivity contribution is 6.71. The van der Waals surface area contributed by atoms with Gasteiger partial charge in [-0.2, -0.15) is 28.4 Å². The smallest absolute Gasteiger partial charge is 0.416 e. The molecule has 1 aliphatic heterocycles. The maximum absolute atomic E-state index is 13.0. The van der Waals surface area contributed by atoms with Gasteiger partial charge in [0.2, 0.25) is 0 Å². The molecule has 11 heteroatoms. The molecule has 0 saturated carbocycles. The van der Waals surface area contributed by atoms with Crippen molar-refractivity contribution in [2.45, 2.75) is 13.1 Å². The van der Waals surface area contributed by atoms with Crippen molar-refractivity contribution in [1.82, 2.24) is 0 Å². The fourth-order valence-corrected chi connectivity index (χ4v) is 3.42. The zero-order chi connectivity index (χ0) is 25.3. The molecular weight excluding hydrogens is 465 g/mol. The van der Waals surface area contributed by atoms with Crippen molar-refractivity contribution in [2.24, 2.45) is 10.2 Å². The van der Waals surface area contributed by atoms with Crippen LogP contribution >= 0.6 is 0 Å². The molecule has 0 saturated heterocycles. The minimum absolute atomic E-state index is 0.0403. The number of phenolic OH excluding ortho intramolecular Hbond substituents is 1. The van der Waals surface area contributed by atoms with E-state index >= 15 is 0 Å². The first-order chi connectivity index (χ1) is 16.6. The zero-order valence-electron chi connectivity index (χ0n) is 18.0. The Kier molecular flexibility index (Phi) is 6.00. The zero-order valence-corrected chi connectivity index (χ0v) is 18.0. The molecule has 178 valence electrons. The molecular formula is C24H17F3N4O4. The van der Waals surface area contributed by atoms with Crippen molar-refractivity contribution in [2.75, 3.05) is 10.4 Å². The quantitative estimate of drug-likeness (QED) is 0.351. The lowest BCUT2D eigenvalue weighted by Gasteiger charge is -2.14. The predicted molar refractivity (Wildman–Crippen MR) is 124 cm³/mol. The summed E-state index contributed by atoms with van der Waals surface area (Å²) in [6.07, 6.45) is -4.58. The standard InChI is InChI=1S/C24H17F3N4O4/c1-13-20(22(33)31(30-13)17-8-3-7-16(12-17)24(25,26)27)29-28-19-10-4-9-18(21(19)32)14-5-2-6-15(11-14)23(34)35/h2-12,28,32H,1H3,(H,34,35). The van der Waals surface area contributed by atoms with E-state index in [1.807, 2.05) is 0 Å². The van der Waals surface area contributed by atoms with Gasteiger partial charge in [-0.15, -0.1) is 0 Å². The van der Waals surface area contributed by atoms with Crippen molar-refractivity contribution in [1.29, 1.82) is 0 Å². The van der Waals surface area contributed by atoms with E-state index in [9.17, 15) is 33.0 Å². The Balaban J connectivity index is 1.60. The van der Waals surface area contributed by atoms with Crippen molar-refractivity contribution in [3.8, 4) is 16.9 Å². The number of alkyl halides is 3. The number of carbonyl (C=O) groups is 2. The molecule has 4 rings (SSSR count). The topological polar surface area (TPSA) is 115 Å². The minimum Gasteiger partial charge on any atom is -0.505 e. The lowest BCUT2D eigenvalue weighted by molar-refractivity contribution is -0.137. The van der Waals surface area contributed by atoms with Crippen LogP contribution in [-0.2, 0) is 11.0 Å². The van der Waals surface area contributed by atoms with Gasteiger partial charge in [-0.05, 0) is 48.9 Å². The van der Waals surface area contributed by atoms with E-state index in [-0.39, 0.29) is 34.1 Å². The van der Waals surface area contributed by atoms with Gasteiger partial charge in [0.15, 0.2) is 5.71 Å². The fraction of sp³-hybridized carbons (Fsp3) is 0.0833. The van der Waals surface area contributed by atoms with E-state index in [1.165, 1.54) is 43.3 Å². The second kappa shape index (κ2) is 8.93. The second-order valence-electron chi connectivity index (χ2n) is 7.51. The second-order valence-corrected chi connectivity index (χ2v) is 7.51. The molecule has 1 heterocycles. The largest absolute Gasteiger partial charge is 0.505 e. The Morgan fingerprint density at radius 3 is 2.49 bits per heavy atom. The first-order valence-electron chi connectivity index (χ1n) is 10.1. The molecule has 35 heavy (non-hydrogen) atoms. The number of hydrazone groups is 2. The monoisotopic (exact) mass is 482 g/mol. The Labute approximate surface area is 196 Å². The third-order valence-corrected chi connectivity index (χ3v) is 5.15. The van der Waals surface area contributed by atoms with E-state index in [0.717, 1.165) is 17.1 Å². The Bertz CT molecular complexity index is 1400. The van der Waals surface area contributed by atoms with Gasteiger partial charge in [0, 0.05) is 5.56 Å². The summed E-state index contributed by atoms with van der Waals surface area (Å²) in [6.45, 7) is 1.47. The SMILES string of the molecule is CC1=NN(c2cccc(C(F)(F)F)c2)C(=O)C1=NNc1cccc(-c2cccc(C(=O)O)c2)c1O. The van der Waals surface area contributed by atoms with Crippen LogP contribution in [0.15, 0.2) is 76.9 Å². The Morgan fingerprint density at radius 1 is 1.06 bits per heavy atom. The number of carboxylic acids is 1. The minimum atomic E-state index is -4.58. The summed E-state index contributed by atoms with van der Waals surface area (Å²) in [4.78, 5) is 24.1. The van der Waals surface area contributed by atoms with Crippen molar-refractivity contribution in [3.05, 3.63) is 77.9 Å². The number of amides is 1. The summed E-state index contributed by atoms with van der Waals surface area (Å²) in [5.74, 6) is -2.11. The number of aromatic carboxylic acids is 1. The van der Waals surface area contributed by atoms with Crippen LogP contribution in [0, 0.1) is 0 Å². The maximum atomic E-state index is 13.0. The van der Waals surface area contributed by atoms with E-state index in [4.69, 9.17) is 0 Å². The molecule has 3 aromatic rings. The first-order valence-corrected chi connectivity index (χ1v) is 10.1. The van der Waals surface area contributed by atoms with E-state index in [0.29, 0.717) is 11.1 Å². The van der Waals surface area contributed by atoms with Gasteiger partial charge in [-0.25, -0.2) is 4.79 Å². The molecule has 0 fully saturated rings. The number of para-hydroxylation sites is 1. The fourth-order valence-electron chi connectivity index (χ4n) is 3.42. The summed E-state index contributed by atoms with van der Waals surface area (Å²) in [7, 11) is 0. The summed E-state index contributed by atoms with van der Waals surface area (Å²) in [5.41, 5.74) is 2.53. The molecule has 0 atom stereocenters. The van der Waals surface area contributed by atoms with Crippen molar-refractivity contribution < 1.29 is 33.0 Å². The molecule has 1 amide bonds. The van der Waals surface area contributed by atoms with Gasteiger partial charge in [0.1, 0.15) is 5.75 Å². The van der Waals surface area contributed by atoms with Gasteiger partial charge in [-0.1, -0.05) is 30.3 Å². The third-order valence-electron chi connectivity index (χ3n) is 5.15. The number of benzene rings is 3. The maximum Gasteiger partial charge on any atom is 0.416 e. The number of aromatic hydroxyl groups is 1. The Hall–Kier alpha value is -4.67. The van der Waals surface area contributed by atoms with Crippen LogP contribution < -0.4 is 10.4 Å². The van der Waals surface area contributed by atoms with E-state index in [2.05, 4.69) is 15.6 Å². The summed E-state index contributed by atoms with van der Waals surface area (Å²) >= 11 is 0. The van der Waals surface area contributed by atoms with Gasteiger partial charge < -0.3 is 10.2 Å². The van der Waals surface area contributed by atoms with Gasteiger partial charge in [0.25, 0.3) is 0 Å². The van der Waals surface area contributed by atoms with Gasteiger partial charge >= 0.3 is 18.1 Å². The summed E-state index contributed by atoms with van der Waals surface area (Å²) in [5, 5.41) is 28.7. The summed E-state index contributed by atoms with van der Waals surface area (Å²) in [6, 6.07) is 14.8. The molecule has 0 radical (unpaired) electrons. The number of halogens is 3. The number of rotatable bonds is 5. The van der Waals surface area contributed by atoms with Gasteiger partial charge in [-0.3, -0.25) is 10.2 Å². The number of phenols is 1. The number of carbonyl (C=O) groups excluding carboxylic acids is 1. The predicted octanol–water partition coefficient (Wildman–Crippen LogP) is 4.97. The number of carboxylic acid groups (broad SMARTS) is 1. The van der Waals surface area contributed by atoms with Crippen LogP contribution in [0.2, 0.25) is 0 Å². The molecule has 0 aromatic heterocycles. The van der Waals surface area contributed by atoms with Crippen LogP contribution in [0.1, 0.15) is 22.8 Å². The normalized spacial score (nSPS) is 14.9. The van der Waals surface area contributed by atoms with Crippen LogP contribution in [0.25, 0.3) is 11.1 Å². The molecule has 0 aliphatic carbocycles. The van der Waals surface area contributed by atoms with E-state index < -0.39 is 23.6 Å². The van der Waals surface area contributed by atoms with Crippen LogP contribution in [0.4, 0.5) is 24.5 Å². The van der Waals surface area contributed by atoms with Crippen LogP contribution in [-0.4, -0.2) is 33.5 Å². The number of nitrogens with one attached hydrogen (secondary N) is 1. The number of hydrogen-bond acceptors (Lipinski definition) is 6. The average Bonchev–Trinajstić information content (AvgIpc) is 3.11. The average molecular weight is 482 g/mol. The number of nitrogens with zero attached hydrogens (tertiary/aromatic N) is 3. The summed E-state index contributed by atoms with van der Waals surface area (Å²) < 4.78 is 39.1.